The number of hydrogen-bond donors (Lipinski definition) is 1. The molecule has 0 aliphatic heterocycles. The van der Waals surface area contributed by atoms with Crippen molar-refractivity contribution in [3.8, 4) is 5.69 Å². The number of benzene rings is 2. The van der Waals surface area contributed by atoms with Gasteiger partial charge >= 0.3 is 6.18 Å². The lowest BCUT2D eigenvalue weighted by molar-refractivity contribution is -0.137. The summed E-state index contributed by atoms with van der Waals surface area (Å²) in [6, 6.07) is 11.9. The van der Waals surface area contributed by atoms with Gasteiger partial charge in [-0.3, -0.25) is 0 Å². The summed E-state index contributed by atoms with van der Waals surface area (Å²) in [6.45, 7) is 4.78. The molecule has 172 valence electrons. The van der Waals surface area contributed by atoms with Gasteiger partial charge in [0.15, 0.2) is 11.5 Å². The molecule has 0 fully saturated rings. The summed E-state index contributed by atoms with van der Waals surface area (Å²) >= 11 is 6.36. The normalized spacial score (nSPS) is 12.0. The van der Waals surface area contributed by atoms with Crippen molar-refractivity contribution in [3.05, 3.63) is 71.1 Å². The summed E-state index contributed by atoms with van der Waals surface area (Å²) in [5.74, 6) is 1.15. The van der Waals surface area contributed by atoms with Gasteiger partial charge in [-0.1, -0.05) is 37.6 Å². The third-order valence-corrected chi connectivity index (χ3v) is 5.03. The number of nitrogens with zero attached hydrogens (tertiary/aromatic N) is 4. The molecule has 0 saturated carbocycles. The van der Waals surface area contributed by atoms with Crippen molar-refractivity contribution in [2.45, 2.75) is 26.6 Å². The molecule has 0 radical (unpaired) electrons. The minimum Gasteiger partial charge on any atom is -0.373 e. The molecule has 0 amide bonds. The zero-order valence-corrected chi connectivity index (χ0v) is 18.7. The van der Waals surface area contributed by atoms with E-state index in [0.29, 0.717) is 51.6 Å². The van der Waals surface area contributed by atoms with E-state index < -0.39 is 11.7 Å². The number of nitrogens with one attached hydrogen (secondary N) is 1. The SMILES string of the molecule is CC(C)COCc1nc(Nc2ccc(C(F)(F)F)cc2)c2cnn(-c3ccccc3Cl)c2n1. The molecule has 0 saturated heterocycles. The van der Waals surface area contributed by atoms with Crippen LogP contribution in [-0.2, 0) is 17.5 Å². The Bertz CT molecular complexity index is 1260. The van der Waals surface area contributed by atoms with E-state index in [-0.39, 0.29) is 6.61 Å². The van der Waals surface area contributed by atoms with Crippen LogP contribution < -0.4 is 5.32 Å². The molecule has 4 aromatic rings. The first-order chi connectivity index (χ1) is 15.7. The highest BCUT2D eigenvalue weighted by atomic mass is 35.5. The number of rotatable bonds is 7. The largest absolute Gasteiger partial charge is 0.416 e. The number of halogens is 4. The zero-order valence-electron chi connectivity index (χ0n) is 17.9. The monoisotopic (exact) mass is 475 g/mol. The Hall–Kier alpha value is -3.17. The molecule has 0 aliphatic carbocycles. The maximum atomic E-state index is 12.9. The number of hydrogen-bond acceptors (Lipinski definition) is 5. The zero-order chi connectivity index (χ0) is 23.6. The van der Waals surface area contributed by atoms with Crippen LogP contribution in [-0.4, -0.2) is 26.4 Å². The molecule has 2 aromatic heterocycles. The topological polar surface area (TPSA) is 64.9 Å². The lowest BCUT2D eigenvalue weighted by Crippen LogP contribution is -2.08. The summed E-state index contributed by atoms with van der Waals surface area (Å²) < 4.78 is 46.0. The third kappa shape index (κ3) is 5.26. The highest BCUT2D eigenvalue weighted by Gasteiger charge is 2.30. The van der Waals surface area contributed by atoms with Crippen molar-refractivity contribution >= 4 is 34.1 Å². The van der Waals surface area contributed by atoms with Crippen LogP contribution in [0.25, 0.3) is 16.7 Å². The second-order valence-corrected chi connectivity index (χ2v) is 8.25. The summed E-state index contributed by atoms with van der Waals surface area (Å²) in [5, 5.41) is 8.59. The van der Waals surface area contributed by atoms with Crippen LogP contribution in [0.4, 0.5) is 24.7 Å². The molecule has 6 nitrogen and oxygen atoms in total. The van der Waals surface area contributed by atoms with Crippen LogP contribution in [0.5, 0.6) is 0 Å². The van der Waals surface area contributed by atoms with E-state index in [0.717, 1.165) is 12.1 Å². The highest BCUT2D eigenvalue weighted by molar-refractivity contribution is 6.32. The Balaban J connectivity index is 1.75. The third-order valence-electron chi connectivity index (χ3n) is 4.71. The van der Waals surface area contributed by atoms with Crippen molar-refractivity contribution < 1.29 is 17.9 Å². The fraction of sp³-hybridized carbons (Fsp3) is 0.261. The van der Waals surface area contributed by atoms with E-state index in [2.05, 4.69) is 20.4 Å². The second kappa shape index (κ2) is 9.36. The predicted molar refractivity (Wildman–Crippen MR) is 121 cm³/mol. The van der Waals surface area contributed by atoms with Crippen LogP contribution >= 0.6 is 11.6 Å². The maximum absolute atomic E-state index is 12.9. The Kier molecular flexibility index (Phi) is 6.53. The summed E-state index contributed by atoms with van der Waals surface area (Å²) in [7, 11) is 0. The minimum atomic E-state index is -4.41. The molecule has 0 atom stereocenters. The van der Waals surface area contributed by atoms with E-state index in [4.69, 9.17) is 16.3 Å². The fourth-order valence-corrected chi connectivity index (χ4v) is 3.39. The summed E-state index contributed by atoms with van der Waals surface area (Å²) in [5.41, 5.74) is 0.857. The Morgan fingerprint density at radius 1 is 1.06 bits per heavy atom. The molecule has 2 heterocycles. The van der Waals surface area contributed by atoms with Gasteiger partial charge in [0.25, 0.3) is 0 Å². The fourth-order valence-electron chi connectivity index (χ4n) is 3.18. The van der Waals surface area contributed by atoms with Gasteiger partial charge in [0.2, 0.25) is 0 Å². The molecule has 0 unspecified atom stereocenters. The maximum Gasteiger partial charge on any atom is 0.416 e. The number of ether oxygens (including phenoxy) is 1. The Morgan fingerprint density at radius 3 is 2.45 bits per heavy atom. The summed E-state index contributed by atoms with van der Waals surface area (Å²) in [4.78, 5) is 9.15. The second-order valence-electron chi connectivity index (χ2n) is 7.84. The van der Waals surface area contributed by atoms with Crippen LogP contribution in [0.3, 0.4) is 0 Å². The first kappa shape index (κ1) is 23.0. The molecule has 0 aliphatic rings. The molecule has 2 aromatic carbocycles. The number of fused-ring (bicyclic) bond motifs is 1. The smallest absolute Gasteiger partial charge is 0.373 e. The average molecular weight is 476 g/mol. The van der Waals surface area contributed by atoms with Crippen LogP contribution in [0, 0.1) is 5.92 Å². The van der Waals surface area contributed by atoms with Gasteiger partial charge in [0, 0.05) is 12.3 Å². The molecule has 33 heavy (non-hydrogen) atoms. The Labute approximate surface area is 193 Å². The van der Waals surface area contributed by atoms with Crippen LogP contribution in [0.1, 0.15) is 25.2 Å². The molecular formula is C23H21ClF3N5O. The minimum absolute atomic E-state index is 0.170. The van der Waals surface area contributed by atoms with E-state index >= 15 is 0 Å². The van der Waals surface area contributed by atoms with Gasteiger partial charge in [0.05, 0.1) is 27.9 Å². The van der Waals surface area contributed by atoms with Crippen molar-refractivity contribution in [2.24, 2.45) is 5.92 Å². The Morgan fingerprint density at radius 2 is 1.79 bits per heavy atom. The van der Waals surface area contributed by atoms with Crippen LogP contribution in [0.2, 0.25) is 5.02 Å². The van der Waals surface area contributed by atoms with Crippen molar-refractivity contribution in [1.82, 2.24) is 19.7 Å². The van der Waals surface area contributed by atoms with Crippen LogP contribution in [0.15, 0.2) is 54.7 Å². The first-order valence-electron chi connectivity index (χ1n) is 10.2. The molecule has 0 spiro atoms. The predicted octanol–water partition coefficient (Wildman–Crippen LogP) is 6.40. The molecule has 4 rings (SSSR count). The van der Waals surface area contributed by atoms with Gasteiger partial charge in [-0.2, -0.15) is 18.3 Å². The van der Waals surface area contributed by atoms with Gasteiger partial charge < -0.3 is 10.1 Å². The first-order valence-corrected chi connectivity index (χ1v) is 10.6. The van der Waals surface area contributed by atoms with Gasteiger partial charge in [-0.05, 0) is 42.3 Å². The number of anilines is 2. The van der Waals surface area contributed by atoms with E-state index in [1.165, 1.54) is 12.1 Å². The van der Waals surface area contributed by atoms with E-state index in [1.54, 1.807) is 16.9 Å². The van der Waals surface area contributed by atoms with E-state index in [9.17, 15) is 13.2 Å². The van der Waals surface area contributed by atoms with E-state index in [1.807, 2.05) is 32.0 Å². The molecular weight excluding hydrogens is 455 g/mol. The number of para-hydroxylation sites is 1. The number of alkyl halides is 3. The van der Waals surface area contributed by atoms with Crippen molar-refractivity contribution in [2.75, 3.05) is 11.9 Å². The van der Waals surface area contributed by atoms with Gasteiger partial charge in [-0.15, -0.1) is 0 Å². The molecule has 10 heteroatoms. The standard InChI is InChI=1S/C23H21ClF3N5O/c1-14(2)12-33-13-20-30-21(29-16-9-7-15(8-10-16)23(25,26)27)17-11-28-32(22(17)31-20)19-6-4-3-5-18(19)24/h3-11,14H,12-13H2,1-2H3,(H,29,30,31). The lowest BCUT2D eigenvalue weighted by Gasteiger charge is -2.12. The van der Waals surface area contributed by atoms with Gasteiger partial charge in [-0.25, -0.2) is 14.6 Å². The highest BCUT2D eigenvalue weighted by Crippen LogP contribution is 2.32. The quantitative estimate of drug-likeness (QED) is 0.335. The average Bonchev–Trinajstić information content (AvgIpc) is 3.18. The molecule has 1 N–H and O–H groups in total. The van der Waals surface area contributed by atoms with Gasteiger partial charge in [0.1, 0.15) is 12.4 Å². The summed E-state index contributed by atoms with van der Waals surface area (Å²) in [6.07, 6.45) is -2.82. The van der Waals surface area contributed by atoms with Crippen molar-refractivity contribution in [3.63, 3.8) is 0 Å². The van der Waals surface area contributed by atoms with Crippen molar-refractivity contribution in [1.29, 1.82) is 0 Å². The lowest BCUT2D eigenvalue weighted by atomic mass is 10.2. The number of aromatic nitrogens is 4. The molecule has 0 bridgehead atoms.